The number of fused-ring (bicyclic) bond motifs is 1. The van der Waals surface area contributed by atoms with Crippen LogP contribution in [0.5, 0.6) is 0 Å². The molecule has 164 valence electrons. The Morgan fingerprint density at radius 2 is 1.42 bits per heavy atom. The largest absolute Gasteiger partial charge is 0.298 e. The van der Waals surface area contributed by atoms with Gasteiger partial charge >= 0.3 is 0 Å². The maximum Gasteiger partial charge on any atom is 0.261 e. The third-order valence-corrected chi connectivity index (χ3v) is 6.37. The van der Waals surface area contributed by atoms with Crippen LogP contribution in [0.2, 0.25) is 0 Å². The van der Waals surface area contributed by atoms with Gasteiger partial charge in [0.25, 0.3) is 11.8 Å². The third-order valence-electron chi connectivity index (χ3n) is 5.43. The van der Waals surface area contributed by atoms with Crippen LogP contribution in [-0.4, -0.2) is 43.8 Å². The van der Waals surface area contributed by atoms with Crippen molar-refractivity contribution >= 4 is 23.6 Å². The van der Waals surface area contributed by atoms with Gasteiger partial charge in [-0.05, 0) is 42.0 Å². The van der Waals surface area contributed by atoms with Crippen LogP contribution in [0.1, 0.15) is 26.3 Å². The molecule has 0 aliphatic carbocycles. The van der Waals surface area contributed by atoms with Gasteiger partial charge in [0.1, 0.15) is 5.82 Å². The van der Waals surface area contributed by atoms with E-state index in [2.05, 4.69) is 10.2 Å². The number of benzene rings is 3. The zero-order valence-electron chi connectivity index (χ0n) is 17.5. The number of hydrogen-bond donors (Lipinski definition) is 0. The smallest absolute Gasteiger partial charge is 0.261 e. The number of imide groups is 1. The first-order valence-corrected chi connectivity index (χ1v) is 11.4. The summed E-state index contributed by atoms with van der Waals surface area (Å²) >= 11 is 1.42. The van der Waals surface area contributed by atoms with E-state index >= 15 is 0 Å². The minimum atomic E-state index is -0.316. The van der Waals surface area contributed by atoms with Crippen molar-refractivity contribution in [2.45, 2.75) is 11.7 Å². The van der Waals surface area contributed by atoms with Crippen LogP contribution >= 0.6 is 11.8 Å². The molecule has 33 heavy (non-hydrogen) atoms. The molecule has 6 nitrogen and oxygen atoms in total. The Kier molecular flexibility index (Phi) is 5.75. The number of carbonyl (C=O) groups is 2. The van der Waals surface area contributed by atoms with Gasteiger partial charge in [0, 0.05) is 17.9 Å². The number of rotatable bonds is 7. The van der Waals surface area contributed by atoms with Crippen LogP contribution in [0.4, 0.5) is 4.39 Å². The summed E-state index contributed by atoms with van der Waals surface area (Å²) in [6.45, 7) is 0.803. The zero-order chi connectivity index (χ0) is 22.8. The van der Waals surface area contributed by atoms with Crippen molar-refractivity contribution in [2.24, 2.45) is 0 Å². The quantitative estimate of drug-likeness (QED) is 0.301. The van der Waals surface area contributed by atoms with E-state index < -0.39 is 0 Å². The lowest BCUT2D eigenvalue weighted by Crippen LogP contribution is -2.31. The Hall–Kier alpha value is -3.78. The average molecular weight is 459 g/mol. The second-order valence-electron chi connectivity index (χ2n) is 7.54. The molecule has 0 saturated heterocycles. The fourth-order valence-corrected chi connectivity index (χ4v) is 4.65. The monoisotopic (exact) mass is 458 g/mol. The van der Waals surface area contributed by atoms with Crippen molar-refractivity contribution < 1.29 is 14.0 Å². The van der Waals surface area contributed by atoms with Crippen LogP contribution in [0.3, 0.4) is 0 Å². The predicted octanol–water partition coefficient (Wildman–Crippen LogP) is 4.52. The molecule has 3 aromatic carbocycles. The fourth-order valence-electron chi connectivity index (χ4n) is 3.79. The molecule has 8 heteroatoms. The van der Waals surface area contributed by atoms with Crippen molar-refractivity contribution in [1.29, 1.82) is 0 Å². The zero-order valence-corrected chi connectivity index (χ0v) is 18.3. The first-order chi connectivity index (χ1) is 16.1. The minimum Gasteiger partial charge on any atom is -0.298 e. The first kappa shape index (κ1) is 21.1. The highest BCUT2D eigenvalue weighted by Crippen LogP contribution is 2.27. The summed E-state index contributed by atoms with van der Waals surface area (Å²) in [4.78, 5) is 26.5. The van der Waals surface area contributed by atoms with Crippen LogP contribution in [0, 0.1) is 5.82 Å². The number of thioether (sulfide) groups is 1. The Labute approximate surface area is 194 Å². The van der Waals surface area contributed by atoms with Crippen molar-refractivity contribution in [3.8, 4) is 11.4 Å². The van der Waals surface area contributed by atoms with Crippen LogP contribution in [-0.2, 0) is 6.54 Å². The Morgan fingerprint density at radius 1 is 0.788 bits per heavy atom. The molecule has 1 aromatic heterocycles. The molecule has 4 aromatic rings. The topological polar surface area (TPSA) is 68.1 Å². The summed E-state index contributed by atoms with van der Waals surface area (Å²) in [5.41, 5.74) is 2.71. The second-order valence-corrected chi connectivity index (χ2v) is 8.60. The molecule has 2 heterocycles. The number of nitrogens with zero attached hydrogens (tertiary/aromatic N) is 4. The van der Waals surface area contributed by atoms with Gasteiger partial charge in [0.2, 0.25) is 0 Å². The normalized spacial score (nSPS) is 12.9. The highest BCUT2D eigenvalue weighted by atomic mass is 32.2. The molecule has 0 bridgehead atoms. The molecule has 2 amide bonds. The maximum absolute atomic E-state index is 13.4. The fraction of sp³-hybridized carbons (Fsp3) is 0.120. The number of aromatic nitrogens is 3. The molecule has 5 rings (SSSR count). The number of halogens is 1. The average Bonchev–Trinajstić information content (AvgIpc) is 3.34. The van der Waals surface area contributed by atoms with Gasteiger partial charge < -0.3 is 0 Å². The van der Waals surface area contributed by atoms with Gasteiger partial charge in [-0.25, -0.2) is 4.39 Å². The van der Waals surface area contributed by atoms with E-state index in [1.54, 1.807) is 36.4 Å². The van der Waals surface area contributed by atoms with Crippen molar-refractivity contribution in [2.75, 3.05) is 12.3 Å². The molecular weight excluding hydrogens is 439 g/mol. The number of hydrogen-bond acceptors (Lipinski definition) is 5. The van der Waals surface area contributed by atoms with Gasteiger partial charge in [-0.3, -0.25) is 19.1 Å². The van der Waals surface area contributed by atoms with E-state index in [-0.39, 0.29) is 24.2 Å². The van der Waals surface area contributed by atoms with Crippen LogP contribution in [0.25, 0.3) is 11.4 Å². The maximum atomic E-state index is 13.4. The third kappa shape index (κ3) is 4.17. The molecular formula is C25H19FN4O2S. The molecule has 1 aliphatic heterocycles. The van der Waals surface area contributed by atoms with Crippen molar-refractivity contribution in [3.05, 3.63) is 101 Å². The SMILES string of the molecule is O=C1c2ccccc2C(=O)N1CCSc1nnc(-c2ccc(F)cc2)n1Cc1ccccc1. The van der Waals surface area contributed by atoms with Crippen molar-refractivity contribution in [1.82, 2.24) is 19.7 Å². The van der Waals surface area contributed by atoms with E-state index in [0.29, 0.717) is 34.4 Å². The first-order valence-electron chi connectivity index (χ1n) is 10.4. The summed E-state index contributed by atoms with van der Waals surface area (Å²) in [6.07, 6.45) is 0. The number of carbonyl (C=O) groups excluding carboxylic acids is 2. The van der Waals surface area contributed by atoms with Crippen LogP contribution in [0.15, 0.2) is 84.0 Å². The summed E-state index contributed by atoms with van der Waals surface area (Å²) in [7, 11) is 0. The molecule has 0 saturated carbocycles. The van der Waals surface area contributed by atoms with E-state index in [4.69, 9.17) is 0 Å². The summed E-state index contributed by atoms with van der Waals surface area (Å²) in [5, 5.41) is 9.36. The summed E-state index contributed by atoms with van der Waals surface area (Å²) in [6, 6.07) is 22.9. The lowest BCUT2D eigenvalue weighted by molar-refractivity contribution is 0.0664. The van der Waals surface area contributed by atoms with Crippen molar-refractivity contribution in [3.63, 3.8) is 0 Å². The van der Waals surface area contributed by atoms with Gasteiger partial charge in [-0.15, -0.1) is 10.2 Å². The Morgan fingerprint density at radius 3 is 2.09 bits per heavy atom. The van der Waals surface area contributed by atoms with Gasteiger partial charge in [-0.2, -0.15) is 0 Å². The van der Waals surface area contributed by atoms with E-state index in [1.165, 1.54) is 28.8 Å². The molecule has 1 aliphatic rings. The van der Waals surface area contributed by atoms with E-state index in [0.717, 1.165) is 11.1 Å². The Bertz CT molecular complexity index is 1290. The molecule has 0 fully saturated rings. The molecule has 0 N–H and O–H groups in total. The standard InChI is InChI=1S/C25H19FN4O2S/c26-19-12-10-18(11-13-19)22-27-28-25(30(22)16-17-6-2-1-3-7-17)33-15-14-29-23(31)20-8-4-5-9-21(20)24(29)32/h1-13H,14-16H2. The van der Waals surface area contributed by atoms with Gasteiger partial charge in [-0.1, -0.05) is 54.2 Å². The lowest BCUT2D eigenvalue weighted by atomic mass is 10.1. The van der Waals surface area contributed by atoms with Gasteiger partial charge in [0.15, 0.2) is 11.0 Å². The molecule has 0 atom stereocenters. The second kappa shape index (κ2) is 8.99. The highest BCUT2D eigenvalue weighted by Gasteiger charge is 2.34. The molecule has 0 spiro atoms. The number of amides is 2. The molecule has 0 unspecified atom stereocenters. The predicted molar refractivity (Wildman–Crippen MR) is 123 cm³/mol. The van der Waals surface area contributed by atoms with E-state index in [9.17, 15) is 14.0 Å². The minimum absolute atomic E-state index is 0.265. The summed E-state index contributed by atoms with van der Waals surface area (Å²) in [5.74, 6) is 0.246. The lowest BCUT2D eigenvalue weighted by Gasteiger charge is -2.14. The molecule has 0 radical (unpaired) electrons. The summed E-state index contributed by atoms with van der Waals surface area (Å²) < 4.78 is 15.4. The van der Waals surface area contributed by atoms with E-state index in [1.807, 2.05) is 34.9 Å². The highest BCUT2D eigenvalue weighted by molar-refractivity contribution is 7.99. The van der Waals surface area contributed by atoms with Crippen LogP contribution < -0.4 is 0 Å². The van der Waals surface area contributed by atoms with Gasteiger partial charge in [0.05, 0.1) is 17.7 Å². The Balaban J connectivity index is 1.36.